The van der Waals surface area contributed by atoms with Crippen molar-refractivity contribution >= 4 is 17.8 Å². The molecule has 0 saturated carbocycles. The molecule has 0 aromatic heterocycles. The Bertz CT molecular complexity index is 788. The second kappa shape index (κ2) is 8.45. The maximum absolute atomic E-state index is 14.2. The molecule has 2 bridgehead atoms. The van der Waals surface area contributed by atoms with Crippen molar-refractivity contribution in [3.05, 3.63) is 12.7 Å². The number of amides is 2. The number of hydrogen-bond donors (Lipinski definition) is 2. The Morgan fingerprint density at radius 2 is 1.97 bits per heavy atom. The molecule has 0 aromatic carbocycles. The number of fused-ring (bicyclic) bond motifs is 1. The van der Waals surface area contributed by atoms with E-state index in [4.69, 9.17) is 4.74 Å². The van der Waals surface area contributed by atoms with Crippen LogP contribution >= 0.6 is 0 Å². The maximum atomic E-state index is 14.2. The molecule has 3 fully saturated rings. The molecule has 8 heteroatoms. The lowest BCUT2D eigenvalue weighted by molar-refractivity contribution is -0.153. The topological polar surface area (TPSA) is 107 Å². The van der Waals surface area contributed by atoms with Crippen LogP contribution in [0.3, 0.4) is 0 Å². The number of likely N-dealkylation sites (tertiary alicyclic amines) is 1. The number of rotatable bonds is 9. The Kier molecular flexibility index (Phi) is 6.52. The van der Waals surface area contributed by atoms with Gasteiger partial charge in [0, 0.05) is 25.2 Å². The Morgan fingerprint density at radius 3 is 2.50 bits per heavy atom. The first kappa shape index (κ1) is 24.7. The van der Waals surface area contributed by atoms with Gasteiger partial charge in [-0.25, -0.2) is 0 Å². The van der Waals surface area contributed by atoms with E-state index >= 15 is 0 Å². The summed E-state index contributed by atoms with van der Waals surface area (Å²) in [6.45, 7) is 14.6. The number of aliphatic hydroxyl groups is 1. The van der Waals surface area contributed by atoms with Gasteiger partial charge in [-0.15, -0.1) is 6.58 Å². The number of carbonyl (C=O) groups excluding carboxylic acids is 2. The number of carbonyl (C=O) groups is 3. The van der Waals surface area contributed by atoms with Gasteiger partial charge in [0.15, 0.2) is 0 Å². The smallest absolute Gasteiger partial charge is 0.310 e. The summed E-state index contributed by atoms with van der Waals surface area (Å²) in [5.41, 5.74) is -1.69. The molecule has 5 atom stereocenters. The number of nitrogens with zero attached hydrogens (tertiary/aromatic N) is 2. The van der Waals surface area contributed by atoms with Crippen molar-refractivity contribution in [3.63, 3.8) is 0 Å². The highest BCUT2D eigenvalue weighted by Crippen LogP contribution is 2.58. The number of ether oxygens (including phenoxy) is 1. The summed E-state index contributed by atoms with van der Waals surface area (Å²) >= 11 is 0. The van der Waals surface area contributed by atoms with Gasteiger partial charge < -0.3 is 24.7 Å². The van der Waals surface area contributed by atoms with Crippen LogP contribution in [0.5, 0.6) is 0 Å². The Labute approximate surface area is 190 Å². The Hall–Kier alpha value is -1.93. The standard InChI is InChI=1S/C24H38N2O6/c1-7-11-26(23(5,6)14-22(2,3)4)20(29)18-24-10-9-15(32-24)16(21(30)31)17(24)19(28)25(18)12-8-13-27/h7,15-18,27H,1,8-14H2,2-6H3,(H,30,31)/t15-,16+,17-,18?,24?/m0/s1. The zero-order valence-corrected chi connectivity index (χ0v) is 20.0. The molecule has 0 aliphatic carbocycles. The minimum absolute atomic E-state index is 0.0389. The van der Waals surface area contributed by atoms with E-state index in [9.17, 15) is 24.6 Å². The van der Waals surface area contributed by atoms with Crippen molar-refractivity contribution < 1.29 is 29.3 Å². The van der Waals surface area contributed by atoms with Crippen molar-refractivity contribution in [2.24, 2.45) is 17.3 Å². The number of carboxylic acids is 1. The molecule has 3 heterocycles. The Balaban J connectivity index is 2.05. The molecule has 2 unspecified atom stereocenters. The van der Waals surface area contributed by atoms with Gasteiger partial charge >= 0.3 is 5.97 Å². The summed E-state index contributed by atoms with van der Waals surface area (Å²) in [5.74, 6) is -3.46. The van der Waals surface area contributed by atoms with Gasteiger partial charge in [-0.1, -0.05) is 26.8 Å². The van der Waals surface area contributed by atoms with Crippen molar-refractivity contribution in [2.45, 2.75) is 83.6 Å². The van der Waals surface area contributed by atoms with Crippen LogP contribution in [-0.2, 0) is 19.1 Å². The van der Waals surface area contributed by atoms with E-state index in [1.54, 1.807) is 11.0 Å². The molecule has 32 heavy (non-hydrogen) atoms. The van der Waals surface area contributed by atoms with Crippen LogP contribution in [0, 0.1) is 17.3 Å². The largest absolute Gasteiger partial charge is 0.481 e. The summed E-state index contributed by atoms with van der Waals surface area (Å²) in [7, 11) is 0. The number of aliphatic hydroxyl groups excluding tert-OH is 1. The summed E-state index contributed by atoms with van der Waals surface area (Å²) < 4.78 is 6.23. The molecule has 0 radical (unpaired) electrons. The third-order valence-corrected chi connectivity index (χ3v) is 7.15. The molecular weight excluding hydrogens is 412 g/mol. The third kappa shape index (κ3) is 3.96. The summed E-state index contributed by atoms with van der Waals surface area (Å²) in [6, 6.07) is -0.903. The van der Waals surface area contributed by atoms with Gasteiger partial charge in [0.1, 0.15) is 11.6 Å². The molecule has 3 saturated heterocycles. The van der Waals surface area contributed by atoms with E-state index in [1.165, 1.54) is 4.90 Å². The zero-order chi connectivity index (χ0) is 24.1. The predicted octanol–water partition coefficient (Wildman–Crippen LogP) is 2.06. The van der Waals surface area contributed by atoms with Crippen molar-refractivity contribution in [1.82, 2.24) is 9.80 Å². The number of aliphatic carboxylic acids is 1. The first-order valence-electron chi connectivity index (χ1n) is 11.5. The molecule has 3 aliphatic heterocycles. The molecule has 3 rings (SSSR count). The first-order chi connectivity index (χ1) is 14.8. The van der Waals surface area contributed by atoms with E-state index < -0.39 is 41.1 Å². The second-order valence-electron chi connectivity index (χ2n) is 11.3. The van der Waals surface area contributed by atoms with E-state index in [1.807, 2.05) is 13.8 Å². The van der Waals surface area contributed by atoms with Crippen LogP contribution in [0.1, 0.15) is 60.3 Å². The second-order valence-corrected chi connectivity index (χ2v) is 11.3. The molecule has 8 nitrogen and oxygen atoms in total. The van der Waals surface area contributed by atoms with E-state index in [0.717, 1.165) is 6.42 Å². The third-order valence-electron chi connectivity index (χ3n) is 7.15. The highest BCUT2D eigenvalue weighted by atomic mass is 16.5. The van der Waals surface area contributed by atoms with Crippen LogP contribution in [0.2, 0.25) is 0 Å². The molecule has 2 amide bonds. The lowest BCUT2D eigenvalue weighted by Crippen LogP contribution is -2.61. The van der Waals surface area contributed by atoms with Crippen LogP contribution in [0.15, 0.2) is 12.7 Å². The van der Waals surface area contributed by atoms with Gasteiger partial charge in [-0.2, -0.15) is 0 Å². The van der Waals surface area contributed by atoms with E-state index in [-0.39, 0.29) is 30.4 Å². The van der Waals surface area contributed by atoms with Gasteiger partial charge in [0.25, 0.3) is 0 Å². The minimum atomic E-state index is -1.13. The fourth-order valence-corrected chi connectivity index (χ4v) is 6.50. The van der Waals surface area contributed by atoms with Gasteiger partial charge in [-0.05, 0) is 44.9 Å². The molecule has 2 N–H and O–H groups in total. The monoisotopic (exact) mass is 450 g/mol. The quantitative estimate of drug-likeness (QED) is 0.521. The normalized spacial score (nSPS) is 31.7. The first-order valence-corrected chi connectivity index (χ1v) is 11.5. The van der Waals surface area contributed by atoms with Crippen LogP contribution in [0.4, 0.5) is 0 Å². The molecule has 180 valence electrons. The maximum Gasteiger partial charge on any atom is 0.310 e. The predicted molar refractivity (Wildman–Crippen MR) is 119 cm³/mol. The molecule has 3 aliphatic rings. The number of carboxylic acid groups (broad SMARTS) is 1. The molecule has 0 aromatic rings. The zero-order valence-electron chi connectivity index (χ0n) is 20.0. The lowest BCUT2D eigenvalue weighted by atomic mass is 9.70. The van der Waals surface area contributed by atoms with Crippen molar-refractivity contribution in [2.75, 3.05) is 19.7 Å². The molecule has 1 spiro atoms. The van der Waals surface area contributed by atoms with Crippen LogP contribution < -0.4 is 0 Å². The highest BCUT2D eigenvalue weighted by Gasteiger charge is 2.75. The lowest BCUT2D eigenvalue weighted by Gasteiger charge is -2.45. The molecular formula is C24H38N2O6. The highest BCUT2D eigenvalue weighted by molar-refractivity contribution is 5.98. The van der Waals surface area contributed by atoms with Crippen molar-refractivity contribution in [3.8, 4) is 0 Å². The average molecular weight is 451 g/mol. The van der Waals surface area contributed by atoms with Crippen LogP contribution in [-0.4, -0.2) is 80.8 Å². The van der Waals surface area contributed by atoms with E-state index in [0.29, 0.717) is 25.8 Å². The van der Waals surface area contributed by atoms with Gasteiger partial charge in [0.05, 0.1) is 17.9 Å². The minimum Gasteiger partial charge on any atom is -0.481 e. The summed E-state index contributed by atoms with van der Waals surface area (Å²) in [5, 5.41) is 19.2. The number of hydrogen-bond acceptors (Lipinski definition) is 5. The van der Waals surface area contributed by atoms with Gasteiger partial charge in [0.2, 0.25) is 11.8 Å². The van der Waals surface area contributed by atoms with Gasteiger partial charge in [-0.3, -0.25) is 14.4 Å². The van der Waals surface area contributed by atoms with Crippen molar-refractivity contribution in [1.29, 1.82) is 0 Å². The average Bonchev–Trinajstić information content (AvgIpc) is 3.29. The van der Waals surface area contributed by atoms with E-state index in [2.05, 4.69) is 27.4 Å². The summed E-state index contributed by atoms with van der Waals surface area (Å²) in [6.07, 6.45) is 3.17. The SMILES string of the molecule is C=CCN(C(=O)C1N(CCCO)C(=O)[C@@H]2[C@H](C(=O)O)[C@@H]3CCC12O3)C(C)(C)CC(C)(C)C. The Morgan fingerprint density at radius 1 is 1.31 bits per heavy atom. The fourth-order valence-electron chi connectivity index (χ4n) is 6.50. The fraction of sp³-hybridized carbons (Fsp3) is 0.792. The van der Waals surface area contributed by atoms with Crippen LogP contribution in [0.25, 0.3) is 0 Å². The summed E-state index contributed by atoms with van der Waals surface area (Å²) in [4.78, 5) is 42.9.